The molecule has 0 saturated heterocycles. The lowest BCUT2D eigenvalue weighted by Gasteiger charge is -2.58. The van der Waals surface area contributed by atoms with Gasteiger partial charge < -0.3 is 15.2 Å². The summed E-state index contributed by atoms with van der Waals surface area (Å²) in [7, 11) is 0. The van der Waals surface area contributed by atoms with Crippen LogP contribution in [0, 0.1) is 46.3 Å². The second-order valence-corrected chi connectivity index (χ2v) is 14.6. The van der Waals surface area contributed by atoms with E-state index in [1.165, 1.54) is 51.4 Å². The third-order valence-electron chi connectivity index (χ3n) is 11.9. The molecule has 2 N–H and O–H groups in total. The summed E-state index contributed by atoms with van der Waals surface area (Å²) in [5.74, 6) is 5.16. The number of ether oxygens (including phenoxy) is 1. The normalized spacial score (nSPS) is 37.1. The highest BCUT2D eigenvalue weighted by Gasteiger charge is 2.59. The van der Waals surface area contributed by atoms with Crippen molar-refractivity contribution in [2.75, 3.05) is 13.2 Å². The van der Waals surface area contributed by atoms with Gasteiger partial charge in [0.05, 0.1) is 0 Å². The first-order valence-corrected chi connectivity index (χ1v) is 16.4. The maximum atomic E-state index is 12.4. The van der Waals surface area contributed by atoms with E-state index < -0.39 is 0 Å². The molecule has 3 unspecified atom stereocenters. The number of aliphatic hydroxyl groups excluding tert-OH is 1. The van der Waals surface area contributed by atoms with Gasteiger partial charge in [0.15, 0.2) is 0 Å². The first-order valence-electron chi connectivity index (χ1n) is 16.4. The number of unbranched alkanes of at least 4 members (excludes halogenated alkanes) is 3. The zero-order chi connectivity index (χ0) is 27.3. The molecule has 4 aliphatic rings. The lowest BCUT2D eigenvalue weighted by atomic mass is 9.47. The molecule has 3 saturated carbocycles. The van der Waals surface area contributed by atoms with Crippen molar-refractivity contribution in [2.45, 2.75) is 137 Å². The summed E-state index contributed by atoms with van der Waals surface area (Å²) >= 11 is 0. The Labute approximate surface area is 234 Å². The van der Waals surface area contributed by atoms with Crippen molar-refractivity contribution in [3.05, 3.63) is 11.6 Å². The Kier molecular flexibility index (Phi) is 10.3. The zero-order valence-electron chi connectivity index (χ0n) is 25.4. The van der Waals surface area contributed by atoms with Gasteiger partial charge in [-0.2, -0.15) is 0 Å². The molecule has 0 aliphatic heterocycles. The Balaban J connectivity index is 1.31. The number of aliphatic hydroxyl groups is 1. The summed E-state index contributed by atoms with van der Waals surface area (Å²) in [6, 6.07) is 0. The Hall–Kier alpha value is -1.03. The molecule has 38 heavy (non-hydrogen) atoms. The minimum absolute atomic E-state index is 0.0247. The maximum Gasteiger partial charge on any atom is 0.407 e. The van der Waals surface area contributed by atoms with Gasteiger partial charge in [0, 0.05) is 19.6 Å². The highest BCUT2D eigenvalue weighted by atomic mass is 16.6. The monoisotopic (exact) mass is 529 g/mol. The summed E-state index contributed by atoms with van der Waals surface area (Å²) < 4.78 is 5.89. The van der Waals surface area contributed by atoms with Crippen LogP contribution < -0.4 is 5.32 Å². The smallest absolute Gasteiger partial charge is 0.407 e. The molecule has 4 heteroatoms. The third kappa shape index (κ3) is 6.47. The van der Waals surface area contributed by atoms with Gasteiger partial charge in [-0.25, -0.2) is 4.79 Å². The standard InChI is InChI=1S/C34H59NO3/c1-24(2)11-10-12-25(3)29-15-16-30-28-14-13-26-23-27(38-32(37)35-21-8-6-7-9-22-36)17-19-33(26,4)31(28)18-20-34(29,30)5/h13,24-25,27-31,36H,6-12,14-23H2,1-5H3,(H,35,37)/t25-,27+,28?,29-,30?,31?,33+,34-/m1/s1. The molecule has 0 radical (unpaired) electrons. The predicted molar refractivity (Wildman–Crippen MR) is 157 cm³/mol. The number of alkyl carbamates (subject to hydrolysis) is 1. The maximum absolute atomic E-state index is 12.4. The number of allylic oxidation sites excluding steroid dienone is 1. The largest absolute Gasteiger partial charge is 0.446 e. The molecule has 1 amide bonds. The first kappa shape index (κ1) is 29.9. The number of carbonyl (C=O) groups is 1. The summed E-state index contributed by atoms with van der Waals surface area (Å²) in [5.41, 5.74) is 2.43. The van der Waals surface area contributed by atoms with Gasteiger partial charge in [-0.05, 0) is 104 Å². The van der Waals surface area contributed by atoms with Crippen LogP contribution in [0.3, 0.4) is 0 Å². The average molecular weight is 530 g/mol. The van der Waals surface area contributed by atoms with Crippen molar-refractivity contribution in [3.8, 4) is 0 Å². The second kappa shape index (κ2) is 13.1. The van der Waals surface area contributed by atoms with Crippen LogP contribution in [0.4, 0.5) is 4.79 Å². The van der Waals surface area contributed by atoms with Crippen molar-refractivity contribution >= 4 is 6.09 Å². The molecule has 0 aromatic carbocycles. The number of carbonyl (C=O) groups excluding carboxylic acids is 1. The van der Waals surface area contributed by atoms with Crippen molar-refractivity contribution in [1.82, 2.24) is 5.32 Å². The van der Waals surface area contributed by atoms with Crippen LogP contribution >= 0.6 is 0 Å². The minimum atomic E-state index is -0.247. The van der Waals surface area contributed by atoms with Gasteiger partial charge >= 0.3 is 6.09 Å². The molecule has 0 heterocycles. The zero-order valence-corrected chi connectivity index (χ0v) is 25.4. The van der Waals surface area contributed by atoms with E-state index in [0.29, 0.717) is 17.4 Å². The Morgan fingerprint density at radius 1 is 1.00 bits per heavy atom. The SMILES string of the molecule is CC(C)CCC[C@@H](C)[C@H]1CCC2C3CC=C4C[C@@H](OC(=O)NCCCCCCO)CC[C@]4(C)C3CC[C@@]21C. The third-order valence-corrected chi connectivity index (χ3v) is 11.9. The summed E-state index contributed by atoms with van der Waals surface area (Å²) in [6.45, 7) is 13.5. The van der Waals surface area contributed by atoms with Gasteiger partial charge in [-0.3, -0.25) is 0 Å². The van der Waals surface area contributed by atoms with Crippen LogP contribution in [0.2, 0.25) is 0 Å². The molecule has 4 aliphatic carbocycles. The van der Waals surface area contributed by atoms with Gasteiger partial charge in [-0.1, -0.05) is 78.4 Å². The van der Waals surface area contributed by atoms with Crippen LogP contribution in [0.1, 0.15) is 131 Å². The van der Waals surface area contributed by atoms with Crippen LogP contribution in [0.15, 0.2) is 11.6 Å². The van der Waals surface area contributed by atoms with E-state index in [2.05, 4.69) is 46.0 Å². The number of rotatable bonds is 12. The number of fused-ring (bicyclic) bond motifs is 5. The predicted octanol–water partition coefficient (Wildman–Crippen LogP) is 8.68. The minimum Gasteiger partial charge on any atom is -0.446 e. The molecular weight excluding hydrogens is 470 g/mol. The molecule has 0 aromatic heterocycles. The molecule has 3 fully saturated rings. The molecule has 0 bridgehead atoms. The summed E-state index contributed by atoms with van der Waals surface area (Å²) in [6.07, 6.45) is 20.5. The average Bonchev–Trinajstić information content (AvgIpc) is 3.23. The lowest BCUT2D eigenvalue weighted by Crippen LogP contribution is -2.51. The fourth-order valence-corrected chi connectivity index (χ4v) is 9.73. The van der Waals surface area contributed by atoms with Crippen molar-refractivity contribution in [2.24, 2.45) is 46.3 Å². The Morgan fingerprint density at radius 3 is 2.55 bits per heavy atom. The molecule has 0 spiro atoms. The number of hydrogen-bond donors (Lipinski definition) is 2. The fourth-order valence-electron chi connectivity index (χ4n) is 9.73. The van der Waals surface area contributed by atoms with Crippen LogP contribution in [-0.2, 0) is 4.74 Å². The van der Waals surface area contributed by atoms with Crippen molar-refractivity contribution < 1.29 is 14.6 Å². The van der Waals surface area contributed by atoms with E-state index in [9.17, 15) is 4.79 Å². The van der Waals surface area contributed by atoms with E-state index in [-0.39, 0.29) is 18.8 Å². The Bertz CT molecular complexity index is 808. The molecule has 4 rings (SSSR count). The van der Waals surface area contributed by atoms with Gasteiger partial charge in [0.1, 0.15) is 6.10 Å². The van der Waals surface area contributed by atoms with Gasteiger partial charge in [0.2, 0.25) is 0 Å². The van der Waals surface area contributed by atoms with Crippen molar-refractivity contribution in [1.29, 1.82) is 0 Å². The first-order chi connectivity index (χ1) is 18.2. The van der Waals surface area contributed by atoms with Crippen LogP contribution in [-0.4, -0.2) is 30.5 Å². The van der Waals surface area contributed by atoms with E-state index in [1.54, 1.807) is 5.57 Å². The van der Waals surface area contributed by atoms with Crippen molar-refractivity contribution in [3.63, 3.8) is 0 Å². The number of amides is 1. The van der Waals surface area contributed by atoms with E-state index >= 15 is 0 Å². The van der Waals surface area contributed by atoms with E-state index in [1.807, 2.05) is 0 Å². The van der Waals surface area contributed by atoms with Crippen LogP contribution in [0.5, 0.6) is 0 Å². The summed E-state index contributed by atoms with van der Waals surface area (Å²) in [5, 5.41) is 11.8. The van der Waals surface area contributed by atoms with Gasteiger partial charge in [-0.15, -0.1) is 0 Å². The molecular formula is C34H59NO3. The molecule has 8 atom stereocenters. The lowest BCUT2D eigenvalue weighted by molar-refractivity contribution is -0.0581. The highest BCUT2D eigenvalue weighted by Crippen LogP contribution is 2.67. The second-order valence-electron chi connectivity index (χ2n) is 14.6. The highest BCUT2D eigenvalue weighted by molar-refractivity contribution is 5.67. The van der Waals surface area contributed by atoms with Crippen LogP contribution in [0.25, 0.3) is 0 Å². The summed E-state index contributed by atoms with van der Waals surface area (Å²) in [4.78, 5) is 12.4. The molecule has 0 aromatic rings. The van der Waals surface area contributed by atoms with E-state index in [0.717, 1.165) is 80.5 Å². The molecule has 4 nitrogen and oxygen atoms in total. The topological polar surface area (TPSA) is 58.6 Å². The van der Waals surface area contributed by atoms with E-state index in [4.69, 9.17) is 9.84 Å². The van der Waals surface area contributed by atoms with Gasteiger partial charge in [0.25, 0.3) is 0 Å². The molecule has 218 valence electrons. The quantitative estimate of drug-likeness (QED) is 0.196. The fraction of sp³-hybridized carbons (Fsp3) is 0.912. The Morgan fingerprint density at radius 2 is 1.79 bits per heavy atom. The number of hydrogen-bond acceptors (Lipinski definition) is 3. The number of nitrogens with one attached hydrogen (secondary N) is 1.